The summed E-state index contributed by atoms with van der Waals surface area (Å²) in [6, 6.07) is 14.4. The van der Waals surface area contributed by atoms with Gasteiger partial charge in [0, 0.05) is 23.7 Å². The van der Waals surface area contributed by atoms with Crippen LogP contribution in [0.1, 0.15) is 21.5 Å². The summed E-state index contributed by atoms with van der Waals surface area (Å²) in [4.78, 5) is 22.3. The van der Waals surface area contributed by atoms with E-state index in [1.54, 1.807) is 30.3 Å². The highest BCUT2D eigenvalue weighted by Crippen LogP contribution is 2.17. The standard InChI is InChI=1S/C15H11N3O3/c16-9-11-5-7-12(8-6-11)15(19)17-10-13-3-1-2-4-14(13)18(20)21/h1-8H,10H2,(H,17,19). The first-order valence-electron chi connectivity index (χ1n) is 6.12. The second-order valence-electron chi connectivity index (χ2n) is 4.26. The predicted octanol–water partition coefficient (Wildman–Crippen LogP) is 2.40. The normalized spacial score (nSPS) is 9.67. The van der Waals surface area contributed by atoms with Crippen molar-refractivity contribution in [3.05, 3.63) is 75.3 Å². The minimum absolute atomic E-state index is 0.0300. The molecule has 0 radical (unpaired) electrons. The Morgan fingerprint density at radius 3 is 2.48 bits per heavy atom. The Balaban J connectivity index is 2.07. The van der Waals surface area contributed by atoms with Crippen LogP contribution in [0.15, 0.2) is 48.5 Å². The molecule has 0 bridgehead atoms. The van der Waals surface area contributed by atoms with Gasteiger partial charge in [-0.05, 0) is 24.3 Å². The lowest BCUT2D eigenvalue weighted by molar-refractivity contribution is -0.385. The molecule has 2 aromatic rings. The molecule has 0 heterocycles. The fraction of sp³-hybridized carbons (Fsp3) is 0.0667. The summed E-state index contributed by atoms with van der Waals surface area (Å²) in [6.45, 7) is 0.0655. The average molecular weight is 281 g/mol. The van der Waals surface area contributed by atoms with Gasteiger partial charge in [-0.2, -0.15) is 5.26 Å². The molecule has 0 saturated heterocycles. The van der Waals surface area contributed by atoms with Crippen LogP contribution < -0.4 is 5.32 Å². The zero-order valence-electron chi connectivity index (χ0n) is 10.9. The van der Waals surface area contributed by atoms with Crippen LogP contribution in [0.2, 0.25) is 0 Å². The van der Waals surface area contributed by atoms with Gasteiger partial charge in [-0.1, -0.05) is 18.2 Å². The molecular weight excluding hydrogens is 270 g/mol. The van der Waals surface area contributed by atoms with Crippen molar-refractivity contribution in [2.24, 2.45) is 0 Å². The lowest BCUT2D eigenvalue weighted by atomic mass is 10.1. The second-order valence-corrected chi connectivity index (χ2v) is 4.26. The van der Waals surface area contributed by atoms with E-state index in [2.05, 4.69) is 5.32 Å². The molecule has 0 aliphatic rings. The number of nitro benzene ring substituents is 1. The Bertz CT molecular complexity index is 718. The average Bonchev–Trinajstić information content (AvgIpc) is 2.52. The molecular formula is C15H11N3O3. The highest BCUT2D eigenvalue weighted by atomic mass is 16.6. The van der Waals surface area contributed by atoms with Gasteiger partial charge < -0.3 is 5.32 Å². The number of rotatable bonds is 4. The van der Waals surface area contributed by atoms with Crippen molar-refractivity contribution in [3.8, 4) is 6.07 Å². The van der Waals surface area contributed by atoms with Crippen LogP contribution in [0.3, 0.4) is 0 Å². The monoisotopic (exact) mass is 281 g/mol. The van der Waals surface area contributed by atoms with Crippen molar-refractivity contribution in [2.45, 2.75) is 6.54 Å². The van der Waals surface area contributed by atoms with Crippen LogP contribution in [0.5, 0.6) is 0 Å². The smallest absolute Gasteiger partial charge is 0.274 e. The summed E-state index contributed by atoms with van der Waals surface area (Å²) < 4.78 is 0. The molecule has 0 aromatic heterocycles. The van der Waals surface area contributed by atoms with E-state index < -0.39 is 4.92 Å². The molecule has 0 unspecified atom stereocenters. The Morgan fingerprint density at radius 1 is 1.19 bits per heavy atom. The third-order valence-electron chi connectivity index (χ3n) is 2.90. The van der Waals surface area contributed by atoms with Crippen LogP contribution >= 0.6 is 0 Å². The van der Waals surface area contributed by atoms with E-state index >= 15 is 0 Å². The molecule has 0 spiro atoms. The first-order valence-corrected chi connectivity index (χ1v) is 6.12. The Kier molecular flexibility index (Phi) is 4.26. The Morgan fingerprint density at radius 2 is 1.86 bits per heavy atom. The van der Waals surface area contributed by atoms with Gasteiger partial charge in [0.1, 0.15) is 0 Å². The topological polar surface area (TPSA) is 96.0 Å². The van der Waals surface area contributed by atoms with Crippen molar-refractivity contribution in [3.63, 3.8) is 0 Å². The van der Waals surface area contributed by atoms with Gasteiger partial charge in [0.15, 0.2) is 0 Å². The summed E-state index contributed by atoms with van der Waals surface area (Å²) in [6.07, 6.45) is 0. The molecule has 6 nitrogen and oxygen atoms in total. The van der Waals surface area contributed by atoms with Crippen molar-refractivity contribution in [1.82, 2.24) is 5.32 Å². The van der Waals surface area contributed by atoms with Gasteiger partial charge in [-0.3, -0.25) is 14.9 Å². The van der Waals surface area contributed by atoms with Gasteiger partial charge in [-0.25, -0.2) is 0 Å². The lowest BCUT2D eigenvalue weighted by Gasteiger charge is -2.06. The van der Waals surface area contributed by atoms with E-state index in [1.807, 2.05) is 6.07 Å². The summed E-state index contributed by atoms with van der Waals surface area (Å²) >= 11 is 0. The summed E-state index contributed by atoms with van der Waals surface area (Å²) in [5.41, 5.74) is 1.26. The minimum Gasteiger partial charge on any atom is -0.348 e. The van der Waals surface area contributed by atoms with Gasteiger partial charge in [0.05, 0.1) is 16.6 Å². The van der Waals surface area contributed by atoms with Crippen molar-refractivity contribution in [2.75, 3.05) is 0 Å². The van der Waals surface area contributed by atoms with Crippen LogP contribution in [0.4, 0.5) is 5.69 Å². The maximum atomic E-state index is 11.9. The Labute approximate surface area is 120 Å². The minimum atomic E-state index is -0.483. The molecule has 0 aliphatic carbocycles. The maximum Gasteiger partial charge on any atom is 0.274 e. The number of amides is 1. The maximum absolute atomic E-state index is 11.9. The van der Waals surface area contributed by atoms with Gasteiger partial charge in [-0.15, -0.1) is 0 Å². The van der Waals surface area contributed by atoms with E-state index in [0.29, 0.717) is 16.7 Å². The largest absolute Gasteiger partial charge is 0.348 e. The van der Waals surface area contributed by atoms with Gasteiger partial charge in [0.2, 0.25) is 0 Å². The number of hydrogen-bond donors (Lipinski definition) is 1. The number of carbonyl (C=O) groups is 1. The fourth-order valence-electron chi connectivity index (χ4n) is 1.81. The molecule has 104 valence electrons. The van der Waals surface area contributed by atoms with Gasteiger partial charge in [0.25, 0.3) is 11.6 Å². The van der Waals surface area contributed by atoms with Crippen LogP contribution in [-0.4, -0.2) is 10.8 Å². The molecule has 21 heavy (non-hydrogen) atoms. The van der Waals surface area contributed by atoms with Gasteiger partial charge >= 0.3 is 0 Å². The van der Waals surface area contributed by atoms with Crippen LogP contribution in [-0.2, 0) is 6.54 Å². The molecule has 0 aliphatic heterocycles. The third-order valence-corrected chi connectivity index (χ3v) is 2.90. The number of para-hydroxylation sites is 1. The number of hydrogen-bond acceptors (Lipinski definition) is 4. The molecule has 0 atom stereocenters. The SMILES string of the molecule is N#Cc1ccc(C(=O)NCc2ccccc2[N+](=O)[O-])cc1. The number of nitrogens with zero attached hydrogens (tertiary/aromatic N) is 2. The summed E-state index contributed by atoms with van der Waals surface area (Å²) in [5, 5.41) is 22.2. The fourth-order valence-corrected chi connectivity index (χ4v) is 1.81. The molecule has 0 fully saturated rings. The van der Waals surface area contributed by atoms with Crippen LogP contribution in [0.25, 0.3) is 0 Å². The Hall–Kier alpha value is -3.20. The molecule has 2 aromatic carbocycles. The number of benzene rings is 2. The zero-order chi connectivity index (χ0) is 15.2. The molecule has 2 rings (SSSR count). The molecule has 6 heteroatoms. The third kappa shape index (κ3) is 3.42. The highest BCUT2D eigenvalue weighted by molar-refractivity contribution is 5.94. The van der Waals surface area contributed by atoms with Crippen LogP contribution in [0, 0.1) is 21.4 Å². The number of nitriles is 1. The van der Waals surface area contributed by atoms with Crippen molar-refractivity contribution < 1.29 is 9.72 Å². The quantitative estimate of drug-likeness (QED) is 0.687. The van der Waals surface area contributed by atoms with E-state index in [9.17, 15) is 14.9 Å². The first kappa shape index (κ1) is 14.2. The summed E-state index contributed by atoms with van der Waals surface area (Å²) in [5.74, 6) is -0.349. The molecule has 1 N–H and O–H groups in total. The number of carbonyl (C=O) groups excluding carboxylic acids is 1. The molecule has 0 saturated carbocycles. The van der Waals surface area contributed by atoms with Crippen molar-refractivity contribution >= 4 is 11.6 Å². The highest BCUT2D eigenvalue weighted by Gasteiger charge is 2.13. The van der Waals surface area contributed by atoms with E-state index in [-0.39, 0.29) is 18.1 Å². The summed E-state index contributed by atoms with van der Waals surface area (Å²) in [7, 11) is 0. The number of nitrogens with one attached hydrogen (secondary N) is 1. The van der Waals surface area contributed by atoms with E-state index in [0.717, 1.165) is 0 Å². The van der Waals surface area contributed by atoms with Crippen molar-refractivity contribution in [1.29, 1.82) is 5.26 Å². The molecule has 1 amide bonds. The van der Waals surface area contributed by atoms with E-state index in [1.165, 1.54) is 18.2 Å². The number of nitro groups is 1. The first-order chi connectivity index (χ1) is 10.1. The lowest BCUT2D eigenvalue weighted by Crippen LogP contribution is -2.23. The second kappa shape index (κ2) is 6.30. The van der Waals surface area contributed by atoms with E-state index in [4.69, 9.17) is 5.26 Å². The predicted molar refractivity (Wildman–Crippen MR) is 75.4 cm³/mol. The zero-order valence-corrected chi connectivity index (χ0v) is 10.9.